The quantitative estimate of drug-likeness (QED) is 0.751. The number of aromatic nitrogens is 1. The summed E-state index contributed by atoms with van der Waals surface area (Å²) in [6.45, 7) is 0. The first-order chi connectivity index (χ1) is 6.84. The van der Waals surface area contributed by atoms with Crippen molar-refractivity contribution in [2.24, 2.45) is 0 Å². The summed E-state index contributed by atoms with van der Waals surface area (Å²) < 4.78 is 1.24. The molecular weight excluding hydrogens is 234 g/mol. The van der Waals surface area contributed by atoms with Gasteiger partial charge in [0.1, 0.15) is 0 Å². The van der Waals surface area contributed by atoms with Gasteiger partial charge in [0.15, 0.2) is 0 Å². The Hall–Kier alpha value is -0.510. The van der Waals surface area contributed by atoms with Crippen molar-refractivity contribution in [3.63, 3.8) is 0 Å². The van der Waals surface area contributed by atoms with Crippen LogP contribution in [0.3, 0.4) is 0 Å². The second-order valence-electron chi connectivity index (χ2n) is 2.74. The van der Waals surface area contributed by atoms with Crippen LogP contribution in [0.2, 0.25) is 5.02 Å². The van der Waals surface area contributed by atoms with E-state index in [0.29, 0.717) is 0 Å². The van der Waals surface area contributed by atoms with E-state index in [2.05, 4.69) is 11.1 Å². The molecule has 0 aliphatic rings. The second-order valence-corrected chi connectivity index (χ2v) is 5.34. The molecule has 0 aliphatic carbocycles. The summed E-state index contributed by atoms with van der Waals surface area (Å²) in [7, 11) is 0. The molecule has 14 heavy (non-hydrogen) atoms. The van der Waals surface area contributed by atoms with Gasteiger partial charge in [-0.15, -0.1) is 23.1 Å². The molecule has 0 spiro atoms. The molecule has 2 aromatic rings. The highest BCUT2D eigenvalue weighted by Crippen LogP contribution is 2.26. The Labute approximate surface area is 96.1 Å². The fourth-order valence-corrected chi connectivity index (χ4v) is 2.82. The lowest BCUT2D eigenvalue weighted by atomic mass is 10.2. The van der Waals surface area contributed by atoms with Crippen molar-refractivity contribution in [3.8, 4) is 0 Å². The molecule has 0 unspecified atom stereocenters. The van der Waals surface area contributed by atoms with Gasteiger partial charge in [-0.05, 0) is 17.7 Å². The van der Waals surface area contributed by atoms with Crippen LogP contribution >= 0.6 is 34.7 Å². The van der Waals surface area contributed by atoms with Gasteiger partial charge in [-0.3, -0.25) is 4.98 Å². The Kier molecular flexibility index (Phi) is 3.45. The number of nitrogens with zero attached hydrogens (tertiary/aromatic N) is 1. The maximum Gasteiger partial charge on any atom is 0.0803 e. The summed E-state index contributed by atoms with van der Waals surface area (Å²) in [5.74, 6) is 0.947. The van der Waals surface area contributed by atoms with Gasteiger partial charge in [0.2, 0.25) is 0 Å². The number of benzene rings is 1. The van der Waals surface area contributed by atoms with Gasteiger partial charge in [-0.2, -0.15) is 0 Å². The summed E-state index contributed by atoms with van der Waals surface area (Å²) in [5.41, 5.74) is 3.09. The van der Waals surface area contributed by atoms with Crippen LogP contribution in [-0.4, -0.2) is 4.98 Å². The van der Waals surface area contributed by atoms with Gasteiger partial charge in [0.25, 0.3) is 0 Å². The molecule has 0 N–H and O–H groups in total. The SMILES string of the molecule is Clc1cccc(CSc2cncs2)c1. The summed E-state index contributed by atoms with van der Waals surface area (Å²) in [4.78, 5) is 4.02. The predicted octanol–water partition coefficient (Wildman–Crippen LogP) is 4.09. The summed E-state index contributed by atoms with van der Waals surface area (Å²) in [5, 5.41) is 0.799. The van der Waals surface area contributed by atoms with Gasteiger partial charge in [0, 0.05) is 10.8 Å². The van der Waals surface area contributed by atoms with Crippen LogP contribution in [0.1, 0.15) is 5.56 Å². The fraction of sp³-hybridized carbons (Fsp3) is 0.100. The van der Waals surface area contributed by atoms with E-state index < -0.39 is 0 Å². The summed E-state index contributed by atoms with van der Waals surface area (Å²) in [6.07, 6.45) is 1.89. The molecule has 1 nitrogen and oxygen atoms in total. The zero-order valence-corrected chi connectivity index (χ0v) is 9.70. The molecule has 4 heteroatoms. The minimum Gasteiger partial charge on any atom is -0.252 e. The lowest BCUT2D eigenvalue weighted by Crippen LogP contribution is -1.78. The van der Waals surface area contributed by atoms with E-state index in [4.69, 9.17) is 11.6 Å². The van der Waals surface area contributed by atoms with Gasteiger partial charge in [-0.25, -0.2) is 0 Å². The van der Waals surface area contributed by atoms with Gasteiger partial charge in [-0.1, -0.05) is 23.7 Å². The Bertz CT molecular complexity index is 400. The molecule has 0 saturated heterocycles. The number of rotatable bonds is 3. The summed E-state index contributed by atoms with van der Waals surface area (Å²) in [6, 6.07) is 7.95. The van der Waals surface area contributed by atoms with Crippen LogP contribution in [0.4, 0.5) is 0 Å². The highest BCUT2D eigenvalue weighted by Gasteiger charge is 1.98. The molecule has 1 heterocycles. The third-order valence-electron chi connectivity index (χ3n) is 1.68. The van der Waals surface area contributed by atoms with E-state index in [1.54, 1.807) is 23.1 Å². The minimum absolute atomic E-state index is 0.799. The molecule has 0 atom stereocenters. The first-order valence-corrected chi connectivity index (χ1v) is 6.34. The Morgan fingerprint density at radius 3 is 3.07 bits per heavy atom. The normalized spacial score (nSPS) is 10.4. The van der Waals surface area contributed by atoms with Crippen molar-refractivity contribution >= 4 is 34.7 Å². The Morgan fingerprint density at radius 1 is 1.43 bits per heavy atom. The second kappa shape index (κ2) is 4.82. The molecule has 0 radical (unpaired) electrons. The number of thiazole rings is 1. The molecule has 1 aromatic carbocycles. The molecule has 0 amide bonds. The molecule has 0 aliphatic heterocycles. The highest BCUT2D eigenvalue weighted by atomic mass is 35.5. The Balaban J connectivity index is 1.98. The first kappa shape index (κ1) is 10.0. The van der Waals surface area contributed by atoms with E-state index in [1.165, 1.54) is 9.77 Å². The molecule has 0 saturated carbocycles. The van der Waals surface area contributed by atoms with Crippen LogP contribution in [0, 0.1) is 0 Å². The Morgan fingerprint density at radius 2 is 2.36 bits per heavy atom. The molecule has 0 fully saturated rings. The van der Waals surface area contributed by atoms with E-state index in [1.807, 2.05) is 29.9 Å². The van der Waals surface area contributed by atoms with Crippen LogP contribution in [0.5, 0.6) is 0 Å². The lowest BCUT2D eigenvalue weighted by Gasteiger charge is -1.99. The van der Waals surface area contributed by atoms with E-state index in [9.17, 15) is 0 Å². The zero-order chi connectivity index (χ0) is 9.80. The maximum absolute atomic E-state index is 5.89. The predicted molar refractivity (Wildman–Crippen MR) is 63.1 cm³/mol. The lowest BCUT2D eigenvalue weighted by molar-refractivity contribution is 1.36. The monoisotopic (exact) mass is 241 g/mol. The van der Waals surface area contributed by atoms with Crippen molar-refractivity contribution in [2.75, 3.05) is 0 Å². The van der Waals surface area contributed by atoms with Crippen molar-refractivity contribution in [2.45, 2.75) is 9.96 Å². The van der Waals surface area contributed by atoms with Crippen molar-refractivity contribution in [1.29, 1.82) is 0 Å². The number of hydrogen-bond donors (Lipinski definition) is 0. The van der Waals surface area contributed by atoms with Crippen molar-refractivity contribution in [1.82, 2.24) is 4.98 Å². The molecular formula is C10H8ClNS2. The zero-order valence-electron chi connectivity index (χ0n) is 7.31. The van der Waals surface area contributed by atoms with E-state index >= 15 is 0 Å². The molecule has 1 aromatic heterocycles. The van der Waals surface area contributed by atoms with E-state index in [-0.39, 0.29) is 0 Å². The molecule has 2 rings (SSSR count). The number of hydrogen-bond acceptors (Lipinski definition) is 3. The molecule has 72 valence electrons. The van der Waals surface area contributed by atoms with Gasteiger partial charge >= 0.3 is 0 Å². The third-order valence-corrected chi connectivity index (χ3v) is 3.99. The smallest absolute Gasteiger partial charge is 0.0803 e. The minimum atomic E-state index is 0.799. The fourth-order valence-electron chi connectivity index (χ4n) is 1.06. The van der Waals surface area contributed by atoms with Crippen LogP contribution < -0.4 is 0 Å². The van der Waals surface area contributed by atoms with Gasteiger partial charge in [0.05, 0.1) is 15.9 Å². The number of halogens is 1. The topological polar surface area (TPSA) is 12.9 Å². The van der Waals surface area contributed by atoms with Crippen LogP contribution in [0.15, 0.2) is 40.2 Å². The third kappa shape index (κ3) is 2.74. The highest BCUT2D eigenvalue weighted by molar-refractivity contribution is 8.00. The van der Waals surface area contributed by atoms with Crippen molar-refractivity contribution in [3.05, 3.63) is 46.6 Å². The standard InChI is InChI=1S/C10H8ClNS2/c11-9-3-1-2-8(4-9)6-13-10-5-12-7-14-10/h1-5,7H,6H2. The average molecular weight is 242 g/mol. The number of thioether (sulfide) groups is 1. The average Bonchev–Trinajstić information content (AvgIpc) is 2.67. The molecule has 0 bridgehead atoms. The maximum atomic E-state index is 5.89. The van der Waals surface area contributed by atoms with Crippen LogP contribution in [-0.2, 0) is 5.75 Å². The van der Waals surface area contributed by atoms with E-state index in [0.717, 1.165) is 10.8 Å². The van der Waals surface area contributed by atoms with Gasteiger partial charge < -0.3 is 0 Å². The van der Waals surface area contributed by atoms with Crippen molar-refractivity contribution < 1.29 is 0 Å². The summed E-state index contributed by atoms with van der Waals surface area (Å²) >= 11 is 9.34. The van der Waals surface area contributed by atoms with Crippen LogP contribution in [0.25, 0.3) is 0 Å². The largest absolute Gasteiger partial charge is 0.252 e. The first-order valence-electron chi connectivity index (χ1n) is 4.10.